The van der Waals surface area contributed by atoms with Crippen LogP contribution in [0.3, 0.4) is 0 Å². The van der Waals surface area contributed by atoms with Gasteiger partial charge in [0.2, 0.25) is 11.2 Å². The summed E-state index contributed by atoms with van der Waals surface area (Å²) < 4.78 is 1.41. The first-order valence-corrected chi connectivity index (χ1v) is 6.66. The van der Waals surface area contributed by atoms with E-state index >= 15 is 0 Å². The van der Waals surface area contributed by atoms with Crippen LogP contribution in [-0.4, -0.2) is 39.7 Å². The fourth-order valence-corrected chi connectivity index (χ4v) is 1.96. The van der Waals surface area contributed by atoms with Gasteiger partial charge in [-0.25, -0.2) is 9.97 Å². The highest BCUT2D eigenvalue weighted by molar-refractivity contribution is 6.28. The summed E-state index contributed by atoms with van der Waals surface area (Å²) in [6.45, 7) is 2.03. The van der Waals surface area contributed by atoms with Gasteiger partial charge in [-0.2, -0.15) is 24.7 Å². The summed E-state index contributed by atoms with van der Waals surface area (Å²) in [7, 11) is 0. The van der Waals surface area contributed by atoms with Gasteiger partial charge >= 0.3 is 0 Å². The topological polar surface area (TPSA) is 110 Å². The summed E-state index contributed by atoms with van der Waals surface area (Å²) in [5.74, 6) is 1.45. The van der Waals surface area contributed by atoms with Crippen LogP contribution in [0.2, 0.25) is 5.28 Å². The molecule has 0 saturated heterocycles. The number of hydrogen-bond acceptors (Lipinski definition) is 7. The highest BCUT2D eigenvalue weighted by Crippen LogP contribution is 2.18. The van der Waals surface area contributed by atoms with Gasteiger partial charge in [0.1, 0.15) is 18.5 Å². The molecule has 108 valence electrons. The van der Waals surface area contributed by atoms with E-state index in [1.54, 1.807) is 12.4 Å². The van der Waals surface area contributed by atoms with Crippen LogP contribution >= 0.6 is 11.6 Å². The van der Waals surface area contributed by atoms with Crippen LogP contribution in [0.5, 0.6) is 0 Å². The van der Waals surface area contributed by atoms with E-state index < -0.39 is 0 Å². The molecule has 0 bridgehead atoms. The number of hydrogen-bond donors (Lipinski definition) is 2. The molecule has 3 rings (SSSR count). The van der Waals surface area contributed by atoms with Crippen molar-refractivity contribution in [1.82, 2.24) is 39.7 Å². The number of H-pyrrole nitrogens is 1. The first-order chi connectivity index (χ1) is 10.3. The van der Waals surface area contributed by atoms with E-state index in [1.165, 1.54) is 17.3 Å². The zero-order valence-electron chi connectivity index (χ0n) is 11.1. The first kappa shape index (κ1) is 13.4. The molecule has 0 spiro atoms. The maximum absolute atomic E-state index is 5.93. The lowest BCUT2D eigenvalue weighted by Crippen LogP contribution is -2.15. The van der Waals surface area contributed by atoms with E-state index in [0.29, 0.717) is 11.9 Å². The number of aromatic nitrogens is 8. The van der Waals surface area contributed by atoms with Crippen LogP contribution < -0.4 is 5.32 Å². The average Bonchev–Trinajstić information content (AvgIpc) is 3.16. The van der Waals surface area contributed by atoms with Crippen molar-refractivity contribution >= 4 is 17.5 Å². The largest absolute Gasteiger partial charge is 0.347 e. The fraction of sp³-hybridized carbons (Fsp3) is 0.273. The summed E-state index contributed by atoms with van der Waals surface area (Å²) in [5, 5.41) is 7.21. The summed E-state index contributed by atoms with van der Waals surface area (Å²) in [5.41, 5.74) is 0. The van der Waals surface area contributed by atoms with E-state index in [2.05, 4.69) is 40.3 Å². The second kappa shape index (κ2) is 5.83. The lowest BCUT2D eigenvalue weighted by molar-refractivity contribution is 0.690. The monoisotopic (exact) mass is 305 g/mol. The lowest BCUT2D eigenvalue weighted by Gasteiger charge is -2.14. The second-order valence-electron chi connectivity index (χ2n) is 4.15. The van der Waals surface area contributed by atoms with Crippen LogP contribution in [0.25, 0.3) is 5.95 Å². The third-order valence-electron chi connectivity index (χ3n) is 2.78. The fourth-order valence-electron chi connectivity index (χ4n) is 1.81. The maximum Gasteiger partial charge on any atom is 0.258 e. The van der Waals surface area contributed by atoms with Crippen LogP contribution in [0.1, 0.15) is 25.2 Å². The van der Waals surface area contributed by atoms with E-state index in [4.69, 9.17) is 11.6 Å². The number of rotatable bonds is 5. The Kier molecular flexibility index (Phi) is 3.73. The van der Waals surface area contributed by atoms with Gasteiger partial charge in [0, 0.05) is 12.4 Å². The molecule has 1 atom stereocenters. The van der Waals surface area contributed by atoms with Gasteiger partial charge in [-0.15, -0.1) is 0 Å². The Labute approximate surface area is 124 Å². The molecule has 3 heterocycles. The first-order valence-electron chi connectivity index (χ1n) is 6.28. The lowest BCUT2D eigenvalue weighted by atomic mass is 10.2. The van der Waals surface area contributed by atoms with Crippen LogP contribution in [0.15, 0.2) is 25.0 Å². The molecule has 3 aromatic heterocycles. The Hall–Kier alpha value is -2.55. The molecule has 0 aliphatic rings. The molecule has 0 fully saturated rings. The van der Waals surface area contributed by atoms with Crippen molar-refractivity contribution in [3.63, 3.8) is 0 Å². The molecule has 10 heteroatoms. The number of imidazole rings is 1. The van der Waals surface area contributed by atoms with E-state index in [9.17, 15) is 0 Å². The Morgan fingerprint density at radius 1 is 1.38 bits per heavy atom. The van der Waals surface area contributed by atoms with Gasteiger partial charge in [0.05, 0.1) is 6.04 Å². The minimum Gasteiger partial charge on any atom is -0.347 e. The highest BCUT2D eigenvalue weighted by atomic mass is 35.5. The van der Waals surface area contributed by atoms with Crippen molar-refractivity contribution in [2.45, 2.75) is 19.4 Å². The van der Waals surface area contributed by atoms with Gasteiger partial charge in [-0.1, -0.05) is 6.92 Å². The summed E-state index contributed by atoms with van der Waals surface area (Å²) >= 11 is 5.93. The van der Waals surface area contributed by atoms with Crippen molar-refractivity contribution in [1.29, 1.82) is 0 Å². The Bertz CT molecular complexity index is 695. The van der Waals surface area contributed by atoms with Gasteiger partial charge in [-0.3, -0.25) is 0 Å². The van der Waals surface area contributed by atoms with Crippen molar-refractivity contribution in [3.8, 4) is 5.95 Å². The molecule has 9 nitrogen and oxygen atoms in total. The third kappa shape index (κ3) is 2.97. The quantitative estimate of drug-likeness (QED) is 0.732. The number of aromatic amines is 1. The predicted molar refractivity (Wildman–Crippen MR) is 75.0 cm³/mol. The van der Waals surface area contributed by atoms with Gasteiger partial charge in [0.25, 0.3) is 5.95 Å². The maximum atomic E-state index is 5.93. The minimum atomic E-state index is -0.0536. The van der Waals surface area contributed by atoms with Crippen molar-refractivity contribution < 1.29 is 0 Å². The van der Waals surface area contributed by atoms with E-state index in [1.807, 2.05) is 6.92 Å². The summed E-state index contributed by atoms with van der Waals surface area (Å²) in [6, 6.07) is -0.0536. The molecule has 3 aromatic rings. The van der Waals surface area contributed by atoms with Gasteiger partial charge in [0.15, 0.2) is 0 Å². The van der Waals surface area contributed by atoms with Crippen molar-refractivity contribution in [2.24, 2.45) is 0 Å². The van der Waals surface area contributed by atoms with Gasteiger partial charge < -0.3 is 10.3 Å². The Morgan fingerprint density at radius 3 is 2.95 bits per heavy atom. The molecular weight excluding hydrogens is 294 g/mol. The molecule has 0 radical (unpaired) electrons. The summed E-state index contributed by atoms with van der Waals surface area (Å²) in [6.07, 6.45) is 7.14. The molecule has 2 N–H and O–H groups in total. The van der Waals surface area contributed by atoms with Gasteiger partial charge in [-0.05, 0) is 18.0 Å². The normalized spacial score (nSPS) is 12.3. The Morgan fingerprint density at radius 2 is 2.29 bits per heavy atom. The predicted octanol–water partition coefficient (Wildman–Crippen LogP) is 1.39. The van der Waals surface area contributed by atoms with Crippen molar-refractivity contribution in [3.05, 3.63) is 36.2 Å². The van der Waals surface area contributed by atoms with Crippen LogP contribution in [0, 0.1) is 0 Å². The second-order valence-corrected chi connectivity index (χ2v) is 4.49. The summed E-state index contributed by atoms with van der Waals surface area (Å²) in [4.78, 5) is 23.5. The Balaban J connectivity index is 1.88. The number of nitrogens with zero attached hydrogens (tertiary/aromatic N) is 7. The van der Waals surface area contributed by atoms with Crippen LogP contribution in [0.4, 0.5) is 5.95 Å². The van der Waals surface area contributed by atoms with Crippen LogP contribution in [-0.2, 0) is 0 Å². The van der Waals surface area contributed by atoms with E-state index in [-0.39, 0.29) is 11.3 Å². The number of halogens is 1. The minimum absolute atomic E-state index is 0.0536. The smallest absolute Gasteiger partial charge is 0.258 e. The molecule has 21 heavy (non-hydrogen) atoms. The SMILES string of the molecule is CCC(Nc1nc(Cl)nc(-n2cncn2)n1)c1ncc[nH]1. The van der Waals surface area contributed by atoms with Crippen molar-refractivity contribution in [2.75, 3.05) is 5.32 Å². The number of nitrogens with one attached hydrogen (secondary N) is 2. The molecular formula is C11H12ClN9. The highest BCUT2D eigenvalue weighted by Gasteiger charge is 2.15. The van der Waals surface area contributed by atoms with E-state index in [0.717, 1.165) is 12.2 Å². The zero-order valence-corrected chi connectivity index (χ0v) is 11.9. The zero-order chi connectivity index (χ0) is 14.7. The molecule has 0 aromatic carbocycles. The molecule has 0 aliphatic carbocycles. The standard InChI is InChI=1S/C11H12ClN9/c1-2-7(8-14-3-4-15-8)17-10-18-9(12)19-11(20-10)21-6-13-5-16-21/h3-7H,2H2,1H3,(H,14,15)(H,17,18,19,20). The molecule has 0 saturated carbocycles. The molecule has 0 amide bonds. The third-order valence-corrected chi connectivity index (χ3v) is 2.95. The number of anilines is 1. The molecule has 1 unspecified atom stereocenters. The average molecular weight is 306 g/mol. The molecule has 0 aliphatic heterocycles.